The van der Waals surface area contributed by atoms with Crippen molar-refractivity contribution in [3.8, 4) is 0 Å². The highest BCUT2D eigenvalue weighted by molar-refractivity contribution is 5.83. The normalized spacial score (nSPS) is 26.0. The lowest BCUT2D eigenvalue weighted by atomic mass is 9.72. The highest BCUT2D eigenvalue weighted by atomic mass is 16.5. The molecular weight excluding hydrogens is 384 g/mol. The summed E-state index contributed by atoms with van der Waals surface area (Å²) >= 11 is 0. The van der Waals surface area contributed by atoms with Gasteiger partial charge in [0, 0.05) is 23.7 Å². The number of carbonyl (C=O) groups is 1. The van der Waals surface area contributed by atoms with Crippen LogP contribution in [0.2, 0.25) is 0 Å². The summed E-state index contributed by atoms with van der Waals surface area (Å²) < 4.78 is 6.30. The highest BCUT2D eigenvalue weighted by Crippen LogP contribution is 2.44. The molecule has 3 fully saturated rings. The molecular formula is C27H30N2O2. The Labute approximate surface area is 184 Å². The molecule has 4 heterocycles. The number of esters is 1. The topological polar surface area (TPSA) is 42.4 Å². The third-order valence-corrected chi connectivity index (χ3v) is 7.25. The molecule has 31 heavy (non-hydrogen) atoms. The number of rotatable bonds is 6. The van der Waals surface area contributed by atoms with Gasteiger partial charge >= 0.3 is 5.97 Å². The Balaban J connectivity index is 1.48. The molecule has 0 amide bonds. The molecule has 4 heteroatoms. The molecule has 6 rings (SSSR count). The molecule has 2 bridgehead atoms. The summed E-state index contributed by atoms with van der Waals surface area (Å²) in [6, 6.07) is 20.3. The van der Waals surface area contributed by atoms with E-state index in [9.17, 15) is 4.79 Å². The number of hydrogen-bond acceptors (Lipinski definition) is 4. The van der Waals surface area contributed by atoms with E-state index in [-0.39, 0.29) is 18.1 Å². The van der Waals surface area contributed by atoms with E-state index < -0.39 is 0 Å². The minimum Gasteiger partial charge on any atom is -0.456 e. The number of para-hydroxylation sites is 1. The number of hydrogen-bond donors (Lipinski definition) is 0. The van der Waals surface area contributed by atoms with Gasteiger partial charge in [-0.1, -0.05) is 61.9 Å². The maximum Gasteiger partial charge on any atom is 0.310 e. The molecule has 0 N–H and O–H groups in total. The first-order chi connectivity index (χ1) is 15.2. The zero-order chi connectivity index (χ0) is 21.2. The maximum atomic E-state index is 13.0. The van der Waals surface area contributed by atoms with E-state index in [4.69, 9.17) is 4.74 Å². The van der Waals surface area contributed by atoms with Gasteiger partial charge in [-0.2, -0.15) is 0 Å². The molecule has 3 saturated heterocycles. The predicted molar refractivity (Wildman–Crippen MR) is 123 cm³/mol. The molecule has 4 nitrogen and oxygen atoms in total. The van der Waals surface area contributed by atoms with Crippen LogP contribution in [0.25, 0.3) is 10.9 Å². The first kappa shape index (κ1) is 20.2. The molecule has 0 saturated carbocycles. The molecule has 1 unspecified atom stereocenters. The number of piperidine rings is 3. The molecule has 3 aliphatic rings. The molecule has 0 aliphatic carbocycles. The number of carbonyl (C=O) groups excluding carboxylic acids is 1. The fourth-order valence-electron chi connectivity index (χ4n) is 5.62. The Kier molecular flexibility index (Phi) is 5.73. The summed E-state index contributed by atoms with van der Waals surface area (Å²) in [5.74, 6) is 1.33. The fourth-order valence-corrected chi connectivity index (χ4v) is 5.62. The summed E-state index contributed by atoms with van der Waals surface area (Å²) in [5.41, 5.74) is 3.02. The van der Waals surface area contributed by atoms with Gasteiger partial charge in [0.1, 0.15) is 6.10 Å². The number of pyridine rings is 1. The van der Waals surface area contributed by atoms with E-state index in [2.05, 4.69) is 22.9 Å². The monoisotopic (exact) mass is 414 g/mol. The van der Waals surface area contributed by atoms with Crippen molar-refractivity contribution in [1.82, 2.24) is 9.88 Å². The molecule has 3 aromatic rings. The van der Waals surface area contributed by atoms with Gasteiger partial charge in [0.05, 0.1) is 18.0 Å². The minimum atomic E-state index is -0.273. The zero-order valence-corrected chi connectivity index (χ0v) is 18.1. The third-order valence-electron chi connectivity index (χ3n) is 7.25. The molecule has 0 spiro atoms. The van der Waals surface area contributed by atoms with E-state index in [0.29, 0.717) is 6.42 Å². The van der Waals surface area contributed by atoms with Crippen molar-refractivity contribution < 1.29 is 9.53 Å². The predicted octanol–water partition coefficient (Wildman–Crippen LogP) is 5.18. The van der Waals surface area contributed by atoms with Crippen molar-refractivity contribution in [2.45, 2.75) is 44.8 Å². The molecule has 5 atom stereocenters. The Hall–Kier alpha value is -2.72. The lowest BCUT2D eigenvalue weighted by molar-refractivity contribution is -0.157. The standard InChI is InChI=1S/C27H30N2O2/c1-2-20-18-29-15-13-21(20)17-25(29)27(31-26(30)16-19-8-4-3-5-9-19)23-12-14-28-24-11-7-6-10-22(23)24/h3-12,14,20-21,25,27H,2,13,15-18H2,1H3/t20-,21-,25-,27+/m0/s1. The van der Waals surface area contributed by atoms with Crippen LogP contribution in [0, 0.1) is 11.8 Å². The lowest BCUT2D eigenvalue weighted by Gasteiger charge is -2.51. The Morgan fingerprint density at radius 1 is 1.13 bits per heavy atom. The number of nitrogens with zero attached hydrogens (tertiary/aromatic N) is 2. The summed E-state index contributed by atoms with van der Waals surface area (Å²) in [7, 11) is 0. The first-order valence-electron chi connectivity index (χ1n) is 11.5. The van der Waals surface area contributed by atoms with Gasteiger partial charge in [0.25, 0.3) is 0 Å². The first-order valence-corrected chi connectivity index (χ1v) is 11.5. The zero-order valence-electron chi connectivity index (χ0n) is 18.1. The van der Waals surface area contributed by atoms with Crippen LogP contribution in [0.15, 0.2) is 66.9 Å². The Morgan fingerprint density at radius 3 is 2.71 bits per heavy atom. The summed E-state index contributed by atoms with van der Waals surface area (Å²) in [4.78, 5) is 20.2. The molecule has 3 aliphatic heterocycles. The second-order valence-electron chi connectivity index (χ2n) is 9.01. The van der Waals surface area contributed by atoms with Crippen LogP contribution in [0.3, 0.4) is 0 Å². The highest BCUT2D eigenvalue weighted by Gasteiger charge is 2.44. The van der Waals surface area contributed by atoms with Crippen LogP contribution in [0.5, 0.6) is 0 Å². The van der Waals surface area contributed by atoms with Crippen molar-refractivity contribution in [3.05, 3.63) is 78.0 Å². The maximum absolute atomic E-state index is 13.0. The van der Waals surface area contributed by atoms with Gasteiger partial charge in [0.2, 0.25) is 0 Å². The number of ether oxygens (including phenoxy) is 1. The second-order valence-corrected chi connectivity index (χ2v) is 9.01. The van der Waals surface area contributed by atoms with Gasteiger partial charge < -0.3 is 4.74 Å². The van der Waals surface area contributed by atoms with E-state index in [1.807, 2.05) is 60.8 Å². The van der Waals surface area contributed by atoms with Crippen LogP contribution in [-0.2, 0) is 16.0 Å². The Bertz CT molecular complexity index is 1050. The SMILES string of the molecule is CC[C@H]1CN2CC[C@H]1C[C@H]2[C@H](OC(=O)Cc1ccccc1)c1ccnc2ccccc12. The molecule has 2 aromatic carbocycles. The van der Waals surface area contributed by atoms with Gasteiger partial charge in [-0.15, -0.1) is 0 Å². The Morgan fingerprint density at radius 2 is 1.94 bits per heavy atom. The molecule has 160 valence electrons. The smallest absolute Gasteiger partial charge is 0.310 e. The van der Waals surface area contributed by atoms with Crippen molar-refractivity contribution in [3.63, 3.8) is 0 Å². The van der Waals surface area contributed by atoms with Gasteiger partial charge in [-0.25, -0.2) is 0 Å². The van der Waals surface area contributed by atoms with Gasteiger partial charge in [-0.05, 0) is 48.9 Å². The summed E-state index contributed by atoms with van der Waals surface area (Å²) in [6.45, 7) is 4.51. The number of fused-ring (bicyclic) bond motifs is 4. The largest absolute Gasteiger partial charge is 0.456 e. The number of benzene rings is 2. The van der Waals surface area contributed by atoms with Crippen molar-refractivity contribution in [2.24, 2.45) is 11.8 Å². The molecule has 0 radical (unpaired) electrons. The van der Waals surface area contributed by atoms with Crippen LogP contribution in [0.1, 0.15) is 43.4 Å². The summed E-state index contributed by atoms with van der Waals surface area (Å²) in [5, 5.41) is 1.08. The van der Waals surface area contributed by atoms with Gasteiger partial charge in [-0.3, -0.25) is 14.7 Å². The summed E-state index contributed by atoms with van der Waals surface area (Å²) in [6.07, 6.45) is 5.46. The van der Waals surface area contributed by atoms with Crippen LogP contribution in [0.4, 0.5) is 0 Å². The van der Waals surface area contributed by atoms with Crippen LogP contribution < -0.4 is 0 Å². The van der Waals surface area contributed by atoms with Crippen LogP contribution >= 0.6 is 0 Å². The van der Waals surface area contributed by atoms with Crippen LogP contribution in [-0.4, -0.2) is 35.0 Å². The third kappa shape index (κ3) is 4.09. The fraction of sp³-hybridized carbons (Fsp3) is 0.407. The van der Waals surface area contributed by atoms with E-state index in [1.54, 1.807) is 0 Å². The van der Waals surface area contributed by atoms with E-state index in [1.165, 1.54) is 12.8 Å². The van der Waals surface area contributed by atoms with Crippen molar-refractivity contribution in [2.75, 3.05) is 13.1 Å². The second kappa shape index (κ2) is 8.80. The van der Waals surface area contributed by atoms with E-state index >= 15 is 0 Å². The average molecular weight is 415 g/mol. The lowest BCUT2D eigenvalue weighted by Crippen LogP contribution is -2.55. The molecule has 1 aromatic heterocycles. The minimum absolute atomic E-state index is 0.160. The van der Waals surface area contributed by atoms with Crippen molar-refractivity contribution in [1.29, 1.82) is 0 Å². The van der Waals surface area contributed by atoms with Crippen molar-refractivity contribution >= 4 is 16.9 Å². The quantitative estimate of drug-likeness (QED) is 0.521. The average Bonchev–Trinajstić information content (AvgIpc) is 2.83. The van der Waals surface area contributed by atoms with Gasteiger partial charge in [0.15, 0.2) is 0 Å². The number of aromatic nitrogens is 1. The van der Waals surface area contributed by atoms with E-state index in [0.717, 1.165) is 53.4 Å².